The molecule has 0 saturated heterocycles. The van der Waals surface area contributed by atoms with Gasteiger partial charge in [0.25, 0.3) is 0 Å². The van der Waals surface area contributed by atoms with Crippen molar-refractivity contribution in [3.63, 3.8) is 0 Å². The molecule has 0 fully saturated rings. The van der Waals surface area contributed by atoms with E-state index in [2.05, 4.69) is 6.07 Å². The van der Waals surface area contributed by atoms with Crippen LogP contribution < -0.4 is 39.4 Å². The molecule has 0 aliphatic rings. The van der Waals surface area contributed by atoms with E-state index < -0.39 is 5.97 Å². The Labute approximate surface area is 224 Å². The molecule has 0 N–H and O–H groups in total. The molecule has 0 saturated carbocycles. The molecule has 5 rings (SSSR count). The molecule has 3 aromatic carbocycles. The Bertz CT molecular complexity index is 1610. The van der Waals surface area contributed by atoms with Gasteiger partial charge in [-0.05, 0) is 55.3 Å². The van der Waals surface area contributed by atoms with Gasteiger partial charge in [0.1, 0.15) is 23.6 Å². The maximum atomic E-state index is 12.2. The number of pyridine rings is 1. The summed E-state index contributed by atoms with van der Waals surface area (Å²) >= 11 is 0. The van der Waals surface area contributed by atoms with Crippen molar-refractivity contribution < 1.29 is 48.6 Å². The number of ether oxygens (including phenoxy) is 1. The van der Waals surface area contributed by atoms with Crippen LogP contribution in [-0.2, 0) is 6.61 Å². The van der Waals surface area contributed by atoms with E-state index in [4.69, 9.17) is 19.4 Å². The van der Waals surface area contributed by atoms with E-state index in [0.717, 1.165) is 22.1 Å². The van der Waals surface area contributed by atoms with Gasteiger partial charge in [-0.15, -0.1) is 0 Å². The zero-order chi connectivity index (χ0) is 23.8. The topological polar surface area (TPSA) is 99.2 Å². The minimum absolute atomic E-state index is 0. The number of carboxylic acid groups (broad SMARTS) is 1. The predicted octanol–water partition coefficient (Wildman–Crippen LogP) is 2.08. The molecule has 0 amide bonds. The zero-order valence-electron chi connectivity index (χ0n) is 19.6. The fourth-order valence-electron chi connectivity index (χ4n) is 4.10. The molecule has 2 aromatic heterocycles. The maximum Gasteiger partial charge on any atom is 1.00 e. The molecule has 0 bridgehead atoms. The molecule has 2 heterocycles. The van der Waals surface area contributed by atoms with Crippen LogP contribution in [0.15, 0.2) is 71.1 Å². The van der Waals surface area contributed by atoms with Gasteiger partial charge in [-0.1, -0.05) is 36.4 Å². The molecule has 0 aliphatic heterocycles. The van der Waals surface area contributed by atoms with Gasteiger partial charge in [0.05, 0.1) is 28.5 Å². The molecule has 166 valence electrons. The molecule has 0 unspecified atom stereocenters. The Balaban J connectivity index is 0.00000289. The van der Waals surface area contributed by atoms with Crippen molar-refractivity contribution in [1.29, 1.82) is 5.26 Å². The number of para-hydroxylation sites is 1. The second-order valence-corrected chi connectivity index (χ2v) is 8.10. The number of carboxylic acids is 1. The summed E-state index contributed by atoms with van der Waals surface area (Å²) in [6.45, 7) is 4.00. The van der Waals surface area contributed by atoms with E-state index in [1.165, 1.54) is 6.07 Å². The number of fused-ring (bicyclic) bond motifs is 2. The average molecular weight is 470 g/mol. The molecule has 6 nitrogen and oxygen atoms in total. The van der Waals surface area contributed by atoms with Gasteiger partial charge in [0.2, 0.25) is 0 Å². The zero-order valence-corrected chi connectivity index (χ0v) is 21.6. The van der Waals surface area contributed by atoms with Gasteiger partial charge in [-0.25, -0.2) is 4.98 Å². The molecule has 7 heteroatoms. The minimum Gasteiger partial charge on any atom is -0.545 e. The Hall–Kier alpha value is -3.63. The summed E-state index contributed by atoms with van der Waals surface area (Å²) in [4.78, 5) is 17.0. The number of hydrogen-bond acceptors (Lipinski definition) is 6. The van der Waals surface area contributed by atoms with Crippen LogP contribution in [0.3, 0.4) is 0 Å². The van der Waals surface area contributed by atoms with Crippen molar-refractivity contribution >= 4 is 27.8 Å². The third-order valence-electron chi connectivity index (χ3n) is 5.90. The SMILES string of the molecule is Cc1c(-c2cc(C(=O)[O-])c3c(OCc4ccc(C#N)cc4)ccc(C)c3n2)oc2ccccc12.[Na+]. The Morgan fingerprint density at radius 3 is 2.51 bits per heavy atom. The monoisotopic (exact) mass is 470 g/mol. The number of furan rings is 1. The van der Waals surface area contributed by atoms with Crippen LogP contribution in [-0.4, -0.2) is 11.0 Å². The number of nitrogens with zero attached hydrogens (tertiary/aromatic N) is 2. The summed E-state index contributed by atoms with van der Waals surface area (Å²) < 4.78 is 12.0. The van der Waals surface area contributed by atoms with Gasteiger partial charge >= 0.3 is 29.6 Å². The first-order valence-electron chi connectivity index (χ1n) is 10.7. The van der Waals surface area contributed by atoms with Gasteiger partial charge in [0, 0.05) is 16.5 Å². The van der Waals surface area contributed by atoms with Crippen molar-refractivity contribution in [3.8, 4) is 23.3 Å². The second-order valence-electron chi connectivity index (χ2n) is 8.10. The van der Waals surface area contributed by atoms with Crippen molar-refractivity contribution in [2.75, 3.05) is 0 Å². The molecule has 35 heavy (non-hydrogen) atoms. The molecule has 5 aromatic rings. The second kappa shape index (κ2) is 9.93. The Morgan fingerprint density at radius 1 is 1.09 bits per heavy atom. The molecular weight excluding hydrogens is 451 g/mol. The summed E-state index contributed by atoms with van der Waals surface area (Å²) in [5.41, 5.74) is 4.73. The summed E-state index contributed by atoms with van der Waals surface area (Å²) in [6, 6.07) is 21.8. The fourth-order valence-corrected chi connectivity index (χ4v) is 4.10. The van der Waals surface area contributed by atoms with Crippen molar-refractivity contribution in [2.45, 2.75) is 20.5 Å². The quantitative estimate of drug-likeness (QED) is 0.365. The maximum absolute atomic E-state index is 12.2. The van der Waals surface area contributed by atoms with E-state index in [-0.39, 0.29) is 41.7 Å². The third kappa shape index (κ3) is 4.54. The van der Waals surface area contributed by atoms with Gasteiger partial charge in [-0.3, -0.25) is 0 Å². The summed E-state index contributed by atoms with van der Waals surface area (Å²) in [6.07, 6.45) is 0. The van der Waals surface area contributed by atoms with E-state index in [1.807, 2.05) is 44.2 Å². The van der Waals surface area contributed by atoms with Crippen LogP contribution in [0, 0.1) is 25.2 Å². The van der Waals surface area contributed by atoms with Crippen molar-refractivity contribution in [3.05, 3.63) is 94.5 Å². The van der Waals surface area contributed by atoms with Crippen LogP contribution in [0.2, 0.25) is 0 Å². The van der Waals surface area contributed by atoms with Gasteiger partial charge < -0.3 is 19.1 Å². The Kier molecular flexibility index (Phi) is 6.95. The smallest absolute Gasteiger partial charge is 0.545 e. The number of aryl methyl sites for hydroxylation is 2. The van der Waals surface area contributed by atoms with E-state index in [1.54, 1.807) is 30.3 Å². The van der Waals surface area contributed by atoms with Crippen LogP contribution in [0.5, 0.6) is 5.75 Å². The molecular formula is C28H19N2NaO4. The predicted molar refractivity (Wildman–Crippen MR) is 126 cm³/mol. The fraction of sp³-hybridized carbons (Fsp3) is 0.107. The van der Waals surface area contributed by atoms with Gasteiger partial charge in [0.15, 0.2) is 5.76 Å². The first-order chi connectivity index (χ1) is 16.5. The van der Waals surface area contributed by atoms with E-state index in [0.29, 0.717) is 39.3 Å². The first-order valence-corrected chi connectivity index (χ1v) is 10.7. The number of carbonyl (C=O) groups excluding carboxylic acids is 1. The van der Waals surface area contributed by atoms with Crippen molar-refractivity contribution in [2.24, 2.45) is 0 Å². The number of hydrogen-bond donors (Lipinski definition) is 0. The number of benzene rings is 3. The number of rotatable bonds is 5. The normalized spacial score (nSPS) is 10.7. The molecule has 0 radical (unpaired) electrons. The first kappa shape index (κ1) is 24.5. The number of carbonyl (C=O) groups is 1. The van der Waals surface area contributed by atoms with Gasteiger partial charge in [-0.2, -0.15) is 5.26 Å². The van der Waals surface area contributed by atoms with Crippen LogP contribution in [0.25, 0.3) is 33.3 Å². The Morgan fingerprint density at radius 2 is 1.83 bits per heavy atom. The van der Waals surface area contributed by atoms with Crippen LogP contribution >= 0.6 is 0 Å². The van der Waals surface area contributed by atoms with E-state index in [9.17, 15) is 9.90 Å². The number of aromatic nitrogens is 1. The molecule has 0 spiro atoms. The standard InChI is InChI=1S/C28H20N2O4.Na/c1-16-7-12-24(33-15-19-10-8-18(14-29)9-11-19)25-21(28(31)32)13-22(30-26(16)25)27-17(2)20-5-3-4-6-23(20)34-27;/h3-13H,15H2,1-2H3,(H,31,32);/q;+1/p-1. The average Bonchev–Trinajstić information content (AvgIpc) is 3.20. The minimum atomic E-state index is -1.32. The van der Waals surface area contributed by atoms with Crippen LogP contribution in [0.1, 0.15) is 32.6 Å². The third-order valence-corrected chi connectivity index (χ3v) is 5.90. The van der Waals surface area contributed by atoms with Crippen molar-refractivity contribution in [1.82, 2.24) is 4.98 Å². The number of nitriles is 1. The summed E-state index contributed by atoms with van der Waals surface area (Å²) in [7, 11) is 0. The largest absolute Gasteiger partial charge is 1.00 e. The molecule has 0 atom stereocenters. The molecule has 0 aliphatic carbocycles. The van der Waals surface area contributed by atoms with E-state index >= 15 is 0 Å². The summed E-state index contributed by atoms with van der Waals surface area (Å²) in [5, 5.41) is 22.5. The van der Waals surface area contributed by atoms with Crippen LogP contribution in [0.4, 0.5) is 0 Å². The number of aromatic carboxylic acids is 1. The summed E-state index contributed by atoms with van der Waals surface area (Å²) in [5.74, 6) is -0.408.